The lowest BCUT2D eigenvalue weighted by Crippen LogP contribution is -2.32. The van der Waals surface area contributed by atoms with Crippen LogP contribution in [0.5, 0.6) is 0 Å². The molecule has 2 atom stereocenters. The summed E-state index contributed by atoms with van der Waals surface area (Å²) in [5, 5.41) is 14.5. The Labute approximate surface area is 147 Å². The van der Waals surface area contributed by atoms with Crippen molar-refractivity contribution in [2.45, 2.75) is 51.3 Å². The highest BCUT2D eigenvalue weighted by Crippen LogP contribution is 2.33. The number of aromatic nitrogens is 2. The standard InChI is InChI=1S/C19H24FN3O2/c1-3-15(4-2)23-9-8-17(21-23)19(25)22-12-16(24)11-18(22)13-6-5-7-14(20)10-13/h5-10,15-16,18,24H,3-4,11-12H2,1-2H3/t16-,18-/m1/s1. The van der Waals surface area contributed by atoms with E-state index in [-0.39, 0.29) is 30.4 Å². The van der Waals surface area contributed by atoms with Crippen molar-refractivity contribution in [3.05, 3.63) is 53.6 Å². The van der Waals surface area contributed by atoms with E-state index >= 15 is 0 Å². The second-order valence-corrected chi connectivity index (χ2v) is 6.57. The van der Waals surface area contributed by atoms with E-state index in [9.17, 15) is 14.3 Å². The van der Waals surface area contributed by atoms with Gasteiger partial charge in [-0.1, -0.05) is 26.0 Å². The molecule has 1 amide bonds. The van der Waals surface area contributed by atoms with Crippen molar-refractivity contribution in [2.24, 2.45) is 0 Å². The van der Waals surface area contributed by atoms with E-state index < -0.39 is 6.10 Å². The summed E-state index contributed by atoms with van der Waals surface area (Å²) in [7, 11) is 0. The third kappa shape index (κ3) is 3.58. The molecular formula is C19H24FN3O2. The second kappa shape index (κ2) is 7.35. The van der Waals surface area contributed by atoms with Crippen LogP contribution in [0.4, 0.5) is 4.39 Å². The number of halogens is 1. The molecule has 0 radical (unpaired) electrons. The first-order chi connectivity index (χ1) is 12.0. The van der Waals surface area contributed by atoms with Gasteiger partial charge in [-0.25, -0.2) is 4.39 Å². The van der Waals surface area contributed by atoms with E-state index in [1.54, 1.807) is 23.1 Å². The predicted molar refractivity (Wildman–Crippen MR) is 92.6 cm³/mol. The Hall–Kier alpha value is -2.21. The monoisotopic (exact) mass is 345 g/mol. The molecule has 2 heterocycles. The minimum atomic E-state index is -0.613. The minimum Gasteiger partial charge on any atom is -0.391 e. The zero-order chi connectivity index (χ0) is 18.0. The van der Waals surface area contributed by atoms with E-state index in [1.807, 2.05) is 10.9 Å². The largest absolute Gasteiger partial charge is 0.391 e. The summed E-state index contributed by atoms with van der Waals surface area (Å²) in [6.07, 6.45) is 3.51. The maximum Gasteiger partial charge on any atom is 0.274 e. The molecule has 2 aromatic rings. The first-order valence-corrected chi connectivity index (χ1v) is 8.83. The fourth-order valence-electron chi connectivity index (χ4n) is 3.53. The molecule has 6 heteroatoms. The summed E-state index contributed by atoms with van der Waals surface area (Å²) < 4.78 is 15.4. The molecule has 0 spiro atoms. The first kappa shape index (κ1) is 17.6. The zero-order valence-electron chi connectivity index (χ0n) is 14.6. The van der Waals surface area contributed by atoms with Gasteiger partial charge in [-0.15, -0.1) is 0 Å². The number of likely N-dealkylation sites (tertiary alicyclic amines) is 1. The van der Waals surface area contributed by atoms with Crippen LogP contribution in [0, 0.1) is 5.82 Å². The number of carbonyl (C=O) groups excluding carboxylic acids is 1. The molecule has 0 saturated carbocycles. The summed E-state index contributed by atoms with van der Waals surface area (Å²) >= 11 is 0. The Morgan fingerprint density at radius 1 is 1.36 bits per heavy atom. The Morgan fingerprint density at radius 3 is 2.80 bits per heavy atom. The molecule has 0 aliphatic carbocycles. The van der Waals surface area contributed by atoms with E-state index in [0.717, 1.165) is 12.8 Å². The predicted octanol–water partition coefficient (Wildman–Crippen LogP) is 3.33. The molecule has 1 aromatic carbocycles. The van der Waals surface area contributed by atoms with Gasteiger partial charge in [0.1, 0.15) is 11.5 Å². The number of aliphatic hydroxyl groups excluding tert-OH is 1. The third-order valence-electron chi connectivity index (χ3n) is 4.92. The Kier molecular flexibility index (Phi) is 5.18. The van der Waals surface area contributed by atoms with E-state index in [2.05, 4.69) is 18.9 Å². The lowest BCUT2D eigenvalue weighted by molar-refractivity contribution is 0.0708. The molecule has 0 unspecified atom stereocenters. The van der Waals surface area contributed by atoms with Crippen LogP contribution >= 0.6 is 0 Å². The van der Waals surface area contributed by atoms with Gasteiger partial charge in [0.05, 0.1) is 18.2 Å². The van der Waals surface area contributed by atoms with Gasteiger partial charge in [-0.3, -0.25) is 9.48 Å². The van der Waals surface area contributed by atoms with Crippen molar-refractivity contribution in [2.75, 3.05) is 6.54 Å². The summed E-state index contributed by atoms with van der Waals surface area (Å²) in [5.74, 6) is -0.570. The van der Waals surface area contributed by atoms with Gasteiger partial charge in [-0.2, -0.15) is 5.10 Å². The second-order valence-electron chi connectivity index (χ2n) is 6.57. The molecule has 1 aliphatic heterocycles. The van der Waals surface area contributed by atoms with Gasteiger partial charge in [0.25, 0.3) is 5.91 Å². The fraction of sp³-hybridized carbons (Fsp3) is 0.474. The highest BCUT2D eigenvalue weighted by atomic mass is 19.1. The van der Waals surface area contributed by atoms with E-state index in [4.69, 9.17) is 0 Å². The van der Waals surface area contributed by atoms with Gasteiger partial charge in [-0.05, 0) is 43.0 Å². The fourth-order valence-corrected chi connectivity index (χ4v) is 3.53. The summed E-state index contributed by atoms with van der Waals surface area (Å²) in [4.78, 5) is 14.5. The molecule has 25 heavy (non-hydrogen) atoms. The number of hydrogen-bond acceptors (Lipinski definition) is 3. The van der Waals surface area contributed by atoms with Gasteiger partial charge >= 0.3 is 0 Å². The van der Waals surface area contributed by atoms with Crippen LogP contribution in [0.2, 0.25) is 0 Å². The number of rotatable bonds is 5. The van der Waals surface area contributed by atoms with Gasteiger partial charge in [0.2, 0.25) is 0 Å². The van der Waals surface area contributed by atoms with Crippen LogP contribution < -0.4 is 0 Å². The molecule has 1 N–H and O–H groups in total. The van der Waals surface area contributed by atoms with Crippen molar-refractivity contribution in [3.8, 4) is 0 Å². The third-order valence-corrected chi connectivity index (χ3v) is 4.92. The van der Waals surface area contributed by atoms with Crippen molar-refractivity contribution < 1.29 is 14.3 Å². The molecule has 1 fully saturated rings. The molecule has 0 bridgehead atoms. The molecular weight excluding hydrogens is 321 g/mol. The average molecular weight is 345 g/mol. The van der Waals surface area contributed by atoms with Crippen LogP contribution in [0.25, 0.3) is 0 Å². The van der Waals surface area contributed by atoms with Crippen LogP contribution in [-0.4, -0.2) is 38.3 Å². The zero-order valence-corrected chi connectivity index (χ0v) is 14.6. The van der Waals surface area contributed by atoms with Crippen LogP contribution in [0.3, 0.4) is 0 Å². The molecule has 1 saturated heterocycles. The number of nitrogens with zero attached hydrogens (tertiary/aromatic N) is 3. The summed E-state index contributed by atoms with van der Waals surface area (Å²) in [5.41, 5.74) is 1.06. The quantitative estimate of drug-likeness (QED) is 0.904. The highest BCUT2D eigenvalue weighted by Gasteiger charge is 2.36. The molecule has 1 aliphatic rings. The topological polar surface area (TPSA) is 58.4 Å². The molecule has 134 valence electrons. The van der Waals surface area contributed by atoms with Gasteiger partial charge in [0, 0.05) is 12.7 Å². The number of carbonyl (C=O) groups is 1. The Balaban J connectivity index is 1.85. The molecule has 3 rings (SSSR count). The van der Waals surface area contributed by atoms with Crippen molar-refractivity contribution in [1.82, 2.24) is 14.7 Å². The highest BCUT2D eigenvalue weighted by molar-refractivity contribution is 5.92. The number of amides is 1. The lowest BCUT2D eigenvalue weighted by atomic mass is 10.0. The number of benzene rings is 1. The van der Waals surface area contributed by atoms with Crippen LogP contribution in [-0.2, 0) is 0 Å². The van der Waals surface area contributed by atoms with Gasteiger partial charge < -0.3 is 10.0 Å². The molecule has 1 aromatic heterocycles. The number of aliphatic hydroxyl groups is 1. The SMILES string of the molecule is CCC(CC)n1ccc(C(=O)N2C[C@H](O)C[C@@H]2c2cccc(F)c2)n1. The Morgan fingerprint density at radius 2 is 2.12 bits per heavy atom. The van der Waals surface area contributed by atoms with Crippen molar-refractivity contribution in [1.29, 1.82) is 0 Å². The first-order valence-electron chi connectivity index (χ1n) is 8.83. The van der Waals surface area contributed by atoms with Gasteiger partial charge in [0.15, 0.2) is 0 Å². The maximum atomic E-state index is 13.6. The normalized spacial score (nSPS) is 20.4. The lowest BCUT2D eigenvalue weighted by Gasteiger charge is -2.24. The van der Waals surface area contributed by atoms with E-state index in [0.29, 0.717) is 17.7 Å². The minimum absolute atomic E-state index is 0.226. The maximum absolute atomic E-state index is 13.6. The Bertz CT molecular complexity index is 742. The van der Waals surface area contributed by atoms with E-state index in [1.165, 1.54) is 12.1 Å². The number of hydrogen-bond donors (Lipinski definition) is 1. The smallest absolute Gasteiger partial charge is 0.274 e. The van der Waals surface area contributed by atoms with Crippen LogP contribution in [0.15, 0.2) is 36.5 Å². The summed E-state index contributed by atoms with van der Waals surface area (Å²) in [6.45, 7) is 4.42. The molecule has 5 nitrogen and oxygen atoms in total. The van der Waals surface area contributed by atoms with Crippen molar-refractivity contribution >= 4 is 5.91 Å². The number of β-amino-alcohol motifs (C(OH)–C–C–N with tert-alkyl or cyclic N) is 1. The average Bonchev–Trinajstić information content (AvgIpc) is 3.23. The summed E-state index contributed by atoms with van der Waals surface area (Å²) in [6, 6.07) is 7.86. The van der Waals surface area contributed by atoms with Crippen molar-refractivity contribution in [3.63, 3.8) is 0 Å². The van der Waals surface area contributed by atoms with Crippen LogP contribution in [0.1, 0.15) is 61.2 Å².